The Morgan fingerprint density at radius 3 is 2.62 bits per heavy atom. The molecule has 5 nitrogen and oxygen atoms in total. The first kappa shape index (κ1) is 15.7. The molecule has 1 aliphatic rings. The van der Waals surface area contributed by atoms with E-state index in [-0.39, 0.29) is 24.8 Å². The number of carbonyl (C=O) groups excluding carboxylic acids is 2. The van der Waals surface area contributed by atoms with E-state index in [4.69, 9.17) is 5.11 Å². The van der Waals surface area contributed by atoms with Crippen molar-refractivity contribution in [1.29, 1.82) is 0 Å². The number of aliphatic carboxylic acids is 1. The number of carbonyl (C=O) groups is 3. The summed E-state index contributed by atoms with van der Waals surface area (Å²) < 4.78 is 0. The van der Waals surface area contributed by atoms with Crippen LogP contribution in [0.1, 0.15) is 45.5 Å². The lowest BCUT2D eigenvalue weighted by atomic mass is 10.0. The summed E-state index contributed by atoms with van der Waals surface area (Å²) in [5.41, 5.74) is 1.83. The summed E-state index contributed by atoms with van der Waals surface area (Å²) in [5.74, 6) is -1.40. The van der Waals surface area contributed by atoms with Gasteiger partial charge in [0.05, 0.1) is 11.1 Å². The molecule has 0 unspecified atom stereocenters. The van der Waals surface area contributed by atoms with E-state index in [1.54, 1.807) is 12.1 Å². The van der Waals surface area contributed by atoms with Crippen molar-refractivity contribution in [3.05, 3.63) is 34.9 Å². The Bertz CT molecular complexity index is 585. The van der Waals surface area contributed by atoms with Crippen LogP contribution in [0.5, 0.6) is 0 Å². The van der Waals surface area contributed by atoms with Gasteiger partial charge in [0, 0.05) is 18.3 Å². The second kappa shape index (κ2) is 6.85. The van der Waals surface area contributed by atoms with Crippen LogP contribution in [-0.4, -0.2) is 39.7 Å². The average Bonchev–Trinajstić information content (AvgIpc) is 2.69. The first-order chi connectivity index (χ1) is 10.1. The highest BCUT2D eigenvalue weighted by Gasteiger charge is 2.36. The molecule has 0 bridgehead atoms. The van der Waals surface area contributed by atoms with Gasteiger partial charge in [-0.2, -0.15) is 0 Å². The lowest BCUT2D eigenvalue weighted by Gasteiger charge is -2.13. The fraction of sp³-hybridized carbons (Fsp3) is 0.400. The standard InChI is InChI=1S/C15H16BrNO4/c16-8-7-10-4-3-5-11-13(10)15(21)17(14(11)20)9-2-1-6-12(18)19/h3-5H,1-2,6-9H2,(H,18,19). The number of halogens is 1. The number of nitrogens with zero attached hydrogens (tertiary/aromatic N) is 1. The van der Waals surface area contributed by atoms with Crippen molar-refractivity contribution in [2.45, 2.75) is 25.7 Å². The first-order valence-electron chi connectivity index (χ1n) is 6.82. The van der Waals surface area contributed by atoms with E-state index in [1.165, 1.54) is 4.90 Å². The van der Waals surface area contributed by atoms with Crippen molar-refractivity contribution in [3.63, 3.8) is 0 Å². The molecule has 6 heteroatoms. The molecule has 1 N–H and O–H groups in total. The minimum Gasteiger partial charge on any atom is -0.481 e. The van der Waals surface area contributed by atoms with Crippen molar-refractivity contribution in [2.24, 2.45) is 0 Å². The van der Waals surface area contributed by atoms with Gasteiger partial charge >= 0.3 is 5.97 Å². The quantitative estimate of drug-likeness (QED) is 0.464. The van der Waals surface area contributed by atoms with Gasteiger partial charge in [-0.25, -0.2) is 0 Å². The molecule has 1 heterocycles. The predicted octanol–water partition coefficient (Wildman–Crippen LogP) is 2.47. The summed E-state index contributed by atoms with van der Waals surface area (Å²) in [6.45, 7) is 0.271. The van der Waals surface area contributed by atoms with Gasteiger partial charge in [0.15, 0.2) is 0 Å². The van der Waals surface area contributed by atoms with Crippen LogP contribution >= 0.6 is 15.9 Å². The molecule has 1 aromatic carbocycles. The highest BCUT2D eigenvalue weighted by atomic mass is 79.9. The van der Waals surface area contributed by atoms with E-state index < -0.39 is 5.97 Å². The maximum atomic E-state index is 12.4. The van der Waals surface area contributed by atoms with Gasteiger partial charge in [-0.3, -0.25) is 19.3 Å². The molecule has 1 aromatic rings. The minimum absolute atomic E-state index is 0.0536. The van der Waals surface area contributed by atoms with Gasteiger partial charge in [0.2, 0.25) is 0 Å². The number of imide groups is 1. The lowest BCUT2D eigenvalue weighted by molar-refractivity contribution is -0.137. The van der Waals surface area contributed by atoms with Crippen LogP contribution in [-0.2, 0) is 11.2 Å². The molecule has 21 heavy (non-hydrogen) atoms. The van der Waals surface area contributed by atoms with Crippen LogP contribution in [0.15, 0.2) is 18.2 Å². The topological polar surface area (TPSA) is 74.7 Å². The van der Waals surface area contributed by atoms with Crippen molar-refractivity contribution in [1.82, 2.24) is 4.90 Å². The number of fused-ring (bicyclic) bond motifs is 1. The van der Waals surface area contributed by atoms with Crippen LogP contribution in [0.2, 0.25) is 0 Å². The Morgan fingerprint density at radius 2 is 1.95 bits per heavy atom. The van der Waals surface area contributed by atoms with Crippen LogP contribution in [0.25, 0.3) is 0 Å². The van der Waals surface area contributed by atoms with Crippen molar-refractivity contribution < 1.29 is 19.5 Å². The number of hydrogen-bond acceptors (Lipinski definition) is 3. The molecule has 0 saturated heterocycles. The molecule has 2 amide bonds. The Labute approximate surface area is 131 Å². The molecule has 112 valence electrons. The maximum absolute atomic E-state index is 12.4. The number of amides is 2. The van der Waals surface area contributed by atoms with Crippen molar-refractivity contribution in [3.8, 4) is 0 Å². The number of alkyl halides is 1. The van der Waals surface area contributed by atoms with E-state index in [0.29, 0.717) is 30.4 Å². The molecule has 0 atom stereocenters. The summed E-state index contributed by atoms with van der Waals surface area (Å²) in [5, 5.41) is 9.32. The summed E-state index contributed by atoms with van der Waals surface area (Å²) in [7, 11) is 0. The SMILES string of the molecule is O=C(O)CCCCN1C(=O)c2cccc(CCBr)c2C1=O. The van der Waals surface area contributed by atoms with Crippen LogP contribution in [0, 0.1) is 0 Å². The van der Waals surface area contributed by atoms with Gasteiger partial charge < -0.3 is 5.11 Å². The molecule has 0 spiro atoms. The fourth-order valence-corrected chi connectivity index (χ4v) is 2.89. The van der Waals surface area contributed by atoms with E-state index in [0.717, 1.165) is 10.9 Å². The average molecular weight is 354 g/mol. The first-order valence-corrected chi connectivity index (χ1v) is 7.94. The number of hydrogen-bond donors (Lipinski definition) is 1. The van der Waals surface area contributed by atoms with Crippen LogP contribution < -0.4 is 0 Å². The highest BCUT2D eigenvalue weighted by molar-refractivity contribution is 9.09. The summed E-state index contributed by atoms with van der Waals surface area (Å²) in [6.07, 6.45) is 1.70. The zero-order chi connectivity index (χ0) is 15.4. The number of unbranched alkanes of at least 4 members (excludes halogenated alkanes) is 1. The fourth-order valence-electron chi connectivity index (χ4n) is 2.46. The molecule has 0 aromatic heterocycles. The summed E-state index contributed by atoms with van der Waals surface area (Å²) >= 11 is 3.34. The van der Waals surface area contributed by atoms with E-state index in [1.807, 2.05) is 6.07 Å². The lowest BCUT2D eigenvalue weighted by Crippen LogP contribution is -2.31. The van der Waals surface area contributed by atoms with Crippen LogP contribution in [0.3, 0.4) is 0 Å². The molecular weight excluding hydrogens is 338 g/mol. The maximum Gasteiger partial charge on any atom is 0.303 e. The second-order valence-electron chi connectivity index (χ2n) is 4.89. The Balaban J connectivity index is 2.11. The van der Waals surface area contributed by atoms with E-state index in [9.17, 15) is 14.4 Å². The highest BCUT2D eigenvalue weighted by Crippen LogP contribution is 2.27. The van der Waals surface area contributed by atoms with Gasteiger partial charge in [-0.1, -0.05) is 28.1 Å². The van der Waals surface area contributed by atoms with Gasteiger partial charge in [0.25, 0.3) is 11.8 Å². The van der Waals surface area contributed by atoms with Gasteiger partial charge in [0.1, 0.15) is 0 Å². The van der Waals surface area contributed by atoms with E-state index >= 15 is 0 Å². The smallest absolute Gasteiger partial charge is 0.303 e. The normalized spacial score (nSPS) is 13.7. The Kier molecular flexibility index (Phi) is 5.12. The second-order valence-corrected chi connectivity index (χ2v) is 5.68. The monoisotopic (exact) mass is 353 g/mol. The predicted molar refractivity (Wildman–Crippen MR) is 80.8 cm³/mol. The molecule has 1 aliphatic heterocycles. The van der Waals surface area contributed by atoms with Gasteiger partial charge in [-0.15, -0.1) is 0 Å². The zero-order valence-electron chi connectivity index (χ0n) is 11.5. The zero-order valence-corrected chi connectivity index (χ0v) is 13.1. The van der Waals surface area contributed by atoms with Gasteiger partial charge in [-0.05, 0) is 30.9 Å². The number of carboxylic acid groups (broad SMARTS) is 1. The largest absolute Gasteiger partial charge is 0.481 e. The number of aryl methyl sites for hydroxylation is 1. The van der Waals surface area contributed by atoms with E-state index in [2.05, 4.69) is 15.9 Å². The molecular formula is C15H16BrNO4. The molecule has 0 radical (unpaired) electrons. The van der Waals surface area contributed by atoms with Crippen LogP contribution in [0.4, 0.5) is 0 Å². The third kappa shape index (κ3) is 3.32. The third-order valence-electron chi connectivity index (χ3n) is 3.47. The molecule has 0 fully saturated rings. The number of benzene rings is 1. The summed E-state index contributed by atoms with van der Waals surface area (Å²) in [6, 6.07) is 5.32. The Morgan fingerprint density at radius 1 is 1.19 bits per heavy atom. The minimum atomic E-state index is -0.864. The molecule has 0 aliphatic carbocycles. The van der Waals surface area contributed by atoms with Crippen molar-refractivity contribution >= 4 is 33.7 Å². The summed E-state index contributed by atoms with van der Waals surface area (Å²) in [4.78, 5) is 36.4. The third-order valence-corrected chi connectivity index (χ3v) is 3.87. The molecule has 2 rings (SSSR count). The molecule has 0 saturated carbocycles. The number of rotatable bonds is 7. The van der Waals surface area contributed by atoms with Crippen molar-refractivity contribution in [2.75, 3.05) is 11.9 Å². The Hall–Kier alpha value is -1.69. The number of carboxylic acids is 1.